The second kappa shape index (κ2) is 8.14. The van der Waals surface area contributed by atoms with Gasteiger partial charge in [0.15, 0.2) is 0 Å². The number of amides is 1. The zero-order chi connectivity index (χ0) is 15.8. The van der Waals surface area contributed by atoms with Crippen molar-refractivity contribution in [3.63, 3.8) is 0 Å². The van der Waals surface area contributed by atoms with Gasteiger partial charge in [0.1, 0.15) is 0 Å². The van der Waals surface area contributed by atoms with Crippen molar-refractivity contribution in [3.8, 4) is 0 Å². The number of rotatable bonds is 7. The van der Waals surface area contributed by atoms with Gasteiger partial charge >= 0.3 is 5.97 Å². The van der Waals surface area contributed by atoms with Gasteiger partial charge < -0.3 is 20.7 Å². The molecule has 1 amide bonds. The summed E-state index contributed by atoms with van der Waals surface area (Å²) in [5.74, 6) is -0.373. The van der Waals surface area contributed by atoms with Crippen LogP contribution in [-0.2, 0) is 9.53 Å². The van der Waals surface area contributed by atoms with E-state index in [0.29, 0.717) is 43.0 Å². The van der Waals surface area contributed by atoms with Crippen molar-refractivity contribution in [2.24, 2.45) is 0 Å². The number of hydrogen-bond donors (Lipinski definition) is 2. The second-order valence-corrected chi connectivity index (χ2v) is 4.54. The first kappa shape index (κ1) is 16.8. The number of nitrogens with zero attached hydrogens (tertiary/aromatic N) is 1. The predicted molar refractivity (Wildman–Crippen MR) is 83.2 cm³/mol. The Kier molecular flexibility index (Phi) is 6.52. The van der Waals surface area contributed by atoms with Crippen LogP contribution in [0.5, 0.6) is 0 Å². The SMILES string of the molecule is CCN(CC)C(=O)CCNc1ccc(N)cc1C(=O)OC. The second-order valence-electron chi connectivity index (χ2n) is 4.54. The van der Waals surface area contributed by atoms with Gasteiger partial charge in [-0.25, -0.2) is 4.79 Å². The fourth-order valence-corrected chi connectivity index (χ4v) is 2.03. The molecule has 0 saturated heterocycles. The summed E-state index contributed by atoms with van der Waals surface area (Å²) in [4.78, 5) is 25.4. The number of anilines is 2. The third-order valence-corrected chi connectivity index (χ3v) is 3.22. The Morgan fingerprint density at radius 2 is 1.95 bits per heavy atom. The van der Waals surface area contributed by atoms with E-state index >= 15 is 0 Å². The summed E-state index contributed by atoms with van der Waals surface area (Å²) >= 11 is 0. The lowest BCUT2D eigenvalue weighted by molar-refractivity contribution is -0.130. The fraction of sp³-hybridized carbons (Fsp3) is 0.467. The van der Waals surface area contributed by atoms with Gasteiger partial charge in [-0.2, -0.15) is 0 Å². The number of ether oxygens (including phenoxy) is 1. The number of nitrogens with one attached hydrogen (secondary N) is 1. The number of nitrogen functional groups attached to an aromatic ring is 1. The number of carbonyl (C=O) groups is 2. The molecule has 0 heterocycles. The van der Waals surface area contributed by atoms with E-state index in [9.17, 15) is 9.59 Å². The summed E-state index contributed by atoms with van der Waals surface area (Å²) < 4.78 is 4.72. The van der Waals surface area contributed by atoms with Crippen molar-refractivity contribution in [3.05, 3.63) is 23.8 Å². The molecular formula is C15H23N3O3. The van der Waals surface area contributed by atoms with Gasteiger partial charge in [-0.05, 0) is 32.0 Å². The monoisotopic (exact) mass is 293 g/mol. The first-order valence-electron chi connectivity index (χ1n) is 7.02. The van der Waals surface area contributed by atoms with Gasteiger partial charge in [0.05, 0.1) is 12.7 Å². The molecule has 1 aromatic rings. The Hall–Kier alpha value is -2.24. The summed E-state index contributed by atoms with van der Waals surface area (Å²) in [6, 6.07) is 4.96. The maximum Gasteiger partial charge on any atom is 0.340 e. The van der Waals surface area contributed by atoms with Gasteiger partial charge in [0.2, 0.25) is 5.91 Å². The van der Waals surface area contributed by atoms with Gasteiger partial charge in [0, 0.05) is 37.4 Å². The topological polar surface area (TPSA) is 84.7 Å². The van der Waals surface area contributed by atoms with E-state index in [1.807, 2.05) is 13.8 Å². The molecule has 0 aliphatic rings. The van der Waals surface area contributed by atoms with Crippen LogP contribution in [0.15, 0.2) is 18.2 Å². The Balaban J connectivity index is 2.67. The van der Waals surface area contributed by atoms with Crippen LogP contribution in [0.25, 0.3) is 0 Å². The molecule has 3 N–H and O–H groups in total. The van der Waals surface area contributed by atoms with E-state index in [1.54, 1.807) is 23.1 Å². The normalized spacial score (nSPS) is 10.0. The molecule has 116 valence electrons. The van der Waals surface area contributed by atoms with Crippen molar-refractivity contribution in [2.75, 3.05) is 37.8 Å². The molecule has 0 spiro atoms. The summed E-state index contributed by atoms with van der Waals surface area (Å²) in [7, 11) is 1.32. The van der Waals surface area contributed by atoms with Gasteiger partial charge in [0.25, 0.3) is 0 Å². The number of esters is 1. The van der Waals surface area contributed by atoms with Crippen LogP contribution in [0.3, 0.4) is 0 Å². The number of benzene rings is 1. The molecule has 0 unspecified atom stereocenters. The van der Waals surface area contributed by atoms with Crippen molar-refractivity contribution < 1.29 is 14.3 Å². The standard InChI is InChI=1S/C15H23N3O3/c1-4-18(5-2)14(19)8-9-17-13-7-6-11(16)10-12(13)15(20)21-3/h6-7,10,17H,4-5,8-9,16H2,1-3H3. The third-order valence-electron chi connectivity index (χ3n) is 3.22. The molecule has 0 aliphatic heterocycles. The molecule has 0 radical (unpaired) electrons. The average Bonchev–Trinajstić information content (AvgIpc) is 2.49. The summed E-state index contributed by atoms with van der Waals surface area (Å²) in [6.07, 6.45) is 0.368. The number of hydrogen-bond acceptors (Lipinski definition) is 5. The van der Waals surface area contributed by atoms with Crippen molar-refractivity contribution >= 4 is 23.3 Å². The van der Waals surface area contributed by atoms with Gasteiger partial charge in [-0.15, -0.1) is 0 Å². The van der Waals surface area contributed by atoms with Crippen LogP contribution in [0.4, 0.5) is 11.4 Å². The summed E-state index contributed by atoms with van der Waals surface area (Å²) in [5, 5.41) is 3.09. The molecule has 6 nitrogen and oxygen atoms in total. The summed E-state index contributed by atoms with van der Waals surface area (Å²) in [6.45, 7) is 5.74. The van der Waals surface area contributed by atoms with Crippen LogP contribution in [0.1, 0.15) is 30.6 Å². The van der Waals surface area contributed by atoms with E-state index in [2.05, 4.69) is 5.32 Å². The Labute approximate surface area is 125 Å². The molecule has 0 aliphatic carbocycles. The Bertz CT molecular complexity index is 499. The molecule has 6 heteroatoms. The lowest BCUT2D eigenvalue weighted by atomic mass is 10.1. The molecule has 0 atom stereocenters. The van der Waals surface area contributed by atoms with Crippen LogP contribution in [0.2, 0.25) is 0 Å². The minimum Gasteiger partial charge on any atom is -0.465 e. The molecule has 21 heavy (non-hydrogen) atoms. The molecule has 0 aromatic heterocycles. The van der Waals surface area contributed by atoms with Crippen LogP contribution in [-0.4, -0.2) is 43.5 Å². The highest BCUT2D eigenvalue weighted by atomic mass is 16.5. The first-order valence-corrected chi connectivity index (χ1v) is 7.02. The predicted octanol–water partition coefficient (Wildman–Crippen LogP) is 1.73. The summed E-state index contributed by atoms with van der Waals surface area (Å²) in [5.41, 5.74) is 7.15. The van der Waals surface area contributed by atoms with Crippen LogP contribution in [0, 0.1) is 0 Å². The highest BCUT2D eigenvalue weighted by Gasteiger charge is 2.13. The fourth-order valence-electron chi connectivity index (χ4n) is 2.03. The Morgan fingerprint density at radius 1 is 1.29 bits per heavy atom. The maximum atomic E-state index is 11.9. The smallest absolute Gasteiger partial charge is 0.340 e. The lowest BCUT2D eigenvalue weighted by Crippen LogP contribution is -2.31. The number of methoxy groups -OCH3 is 1. The van der Waals surface area contributed by atoms with Crippen molar-refractivity contribution in [1.82, 2.24) is 4.90 Å². The molecule has 0 saturated carbocycles. The van der Waals surface area contributed by atoms with E-state index in [-0.39, 0.29) is 5.91 Å². The van der Waals surface area contributed by atoms with Crippen LogP contribution >= 0.6 is 0 Å². The van der Waals surface area contributed by atoms with Crippen molar-refractivity contribution in [1.29, 1.82) is 0 Å². The molecule has 0 fully saturated rings. The molecule has 0 bridgehead atoms. The van der Waals surface area contributed by atoms with E-state index in [1.165, 1.54) is 7.11 Å². The van der Waals surface area contributed by atoms with Crippen molar-refractivity contribution in [2.45, 2.75) is 20.3 Å². The highest BCUT2D eigenvalue weighted by Crippen LogP contribution is 2.19. The number of nitrogens with two attached hydrogens (primary N) is 1. The number of carbonyl (C=O) groups excluding carboxylic acids is 2. The minimum absolute atomic E-state index is 0.0857. The molecular weight excluding hydrogens is 270 g/mol. The first-order chi connectivity index (χ1) is 10.0. The average molecular weight is 293 g/mol. The molecule has 1 rings (SSSR count). The van der Waals surface area contributed by atoms with E-state index < -0.39 is 5.97 Å². The van der Waals surface area contributed by atoms with E-state index in [4.69, 9.17) is 10.5 Å². The lowest BCUT2D eigenvalue weighted by Gasteiger charge is -2.19. The minimum atomic E-state index is -0.458. The third kappa shape index (κ3) is 4.66. The molecule has 1 aromatic carbocycles. The largest absolute Gasteiger partial charge is 0.465 e. The zero-order valence-corrected chi connectivity index (χ0v) is 12.8. The maximum absolute atomic E-state index is 11.9. The zero-order valence-electron chi connectivity index (χ0n) is 12.8. The van der Waals surface area contributed by atoms with Crippen LogP contribution < -0.4 is 11.1 Å². The quantitative estimate of drug-likeness (QED) is 0.590. The van der Waals surface area contributed by atoms with Gasteiger partial charge in [-0.3, -0.25) is 4.79 Å². The van der Waals surface area contributed by atoms with Gasteiger partial charge in [-0.1, -0.05) is 0 Å². The highest BCUT2D eigenvalue weighted by molar-refractivity contribution is 5.96. The van der Waals surface area contributed by atoms with E-state index in [0.717, 1.165) is 0 Å². The Morgan fingerprint density at radius 3 is 2.52 bits per heavy atom.